The zero-order chi connectivity index (χ0) is 11.4. The van der Waals surface area contributed by atoms with Gasteiger partial charge in [0, 0.05) is 25.7 Å². The monoisotopic (exact) mass is 234 g/mol. The predicted molar refractivity (Wildman–Crippen MR) is 69.8 cm³/mol. The molecule has 1 unspecified atom stereocenters. The summed E-state index contributed by atoms with van der Waals surface area (Å²) in [6.07, 6.45) is 7.86. The fraction of sp³-hybridized carbons (Fsp3) is 1.00. The van der Waals surface area contributed by atoms with Crippen LogP contribution < -0.4 is 5.32 Å². The van der Waals surface area contributed by atoms with Gasteiger partial charge < -0.3 is 10.2 Å². The average Bonchev–Trinajstić information content (AvgIpc) is 2.27. The first-order valence-corrected chi connectivity index (χ1v) is 7.71. The summed E-state index contributed by atoms with van der Waals surface area (Å²) >= 11 is 0. The molecule has 0 aromatic rings. The minimum absolute atomic E-state index is 0.809. The number of hydrogen-bond acceptors (Lipinski definition) is 2. The molecule has 5 aliphatic rings. The lowest BCUT2D eigenvalue weighted by atomic mass is 9.50. The highest BCUT2D eigenvalue weighted by Gasteiger charge is 2.50. The van der Waals surface area contributed by atoms with Gasteiger partial charge in [0.1, 0.15) is 0 Å². The Labute approximate surface area is 105 Å². The lowest BCUT2D eigenvalue weighted by Gasteiger charge is -2.57. The van der Waals surface area contributed by atoms with E-state index in [4.69, 9.17) is 0 Å². The first-order chi connectivity index (χ1) is 8.29. The Morgan fingerprint density at radius 1 is 0.941 bits per heavy atom. The quantitative estimate of drug-likeness (QED) is 0.746. The Morgan fingerprint density at radius 2 is 1.59 bits per heavy atom. The number of nitrogens with zero attached hydrogens (tertiary/aromatic N) is 1. The predicted octanol–water partition coefficient (Wildman–Crippen LogP) is 1.96. The topological polar surface area (TPSA) is 15.3 Å². The molecule has 5 rings (SSSR count). The van der Waals surface area contributed by atoms with Crippen LogP contribution in [0.2, 0.25) is 0 Å². The summed E-state index contributed by atoms with van der Waals surface area (Å²) in [6, 6.07) is 0.809. The first kappa shape index (κ1) is 10.8. The number of piperazine rings is 1. The van der Waals surface area contributed by atoms with Gasteiger partial charge in [-0.2, -0.15) is 0 Å². The van der Waals surface area contributed by atoms with Crippen LogP contribution in [0.15, 0.2) is 0 Å². The van der Waals surface area contributed by atoms with Crippen LogP contribution >= 0.6 is 0 Å². The van der Waals surface area contributed by atoms with E-state index in [-0.39, 0.29) is 0 Å². The van der Waals surface area contributed by atoms with Crippen LogP contribution in [-0.2, 0) is 0 Å². The highest BCUT2D eigenvalue weighted by Crippen LogP contribution is 2.57. The van der Waals surface area contributed by atoms with Gasteiger partial charge in [-0.05, 0) is 68.7 Å². The van der Waals surface area contributed by atoms with Gasteiger partial charge in [-0.15, -0.1) is 0 Å². The highest BCUT2D eigenvalue weighted by molar-refractivity contribution is 5.02. The SMILES string of the molecule is CN1CCNC(C2C3CC4CC(C3)CC2C4)C1. The molecular weight excluding hydrogens is 208 g/mol. The van der Waals surface area contributed by atoms with Gasteiger partial charge in [-0.3, -0.25) is 0 Å². The molecule has 1 atom stereocenters. The Morgan fingerprint density at radius 3 is 2.18 bits per heavy atom. The highest BCUT2D eigenvalue weighted by atomic mass is 15.2. The largest absolute Gasteiger partial charge is 0.311 e. The standard InChI is InChI=1S/C15H26N2/c1-17-3-2-16-14(9-17)15-12-5-10-4-11(7-12)8-13(15)6-10/h10-16H,2-9H2,1H3. The van der Waals surface area contributed by atoms with E-state index in [1.165, 1.54) is 19.6 Å². The summed E-state index contributed by atoms with van der Waals surface area (Å²) < 4.78 is 0. The Hall–Kier alpha value is -0.0800. The molecule has 0 aromatic heterocycles. The maximum atomic E-state index is 3.84. The van der Waals surface area contributed by atoms with E-state index in [2.05, 4.69) is 17.3 Å². The third-order valence-corrected chi connectivity index (χ3v) is 6.17. The van der Waals surface area contributed by atoms with Crippen LogP contribution in [0.3, 0.4) is 0 Å². The fourth-order valence-corrected chi connectivity index (χ4v) is 5.81. The molecule has 5 fully saturated rings. The molecule has 1 saturated heterocycles. The van der Waals surface area contributed by atoms with Crippen molar-refractivity contribution in [1.29, 1.82) is 0 Å². The molecule has 17 heavy (non-hydrogen) atoms. The summed E-state index contributed by atoms with van der Waals surface area (Å²) in [6.45, 7) is 3.75. The summed E-state index contributed by atoms with van der Waals surface area (Å²) in [4.78, 5) is 2.53. The van der Waals surface area contributed by atoms with Crippen molar-refractivity contribution < 1.29 is 0 Å². The molecular formula is C15H26N2. The smallest absolute Gasteiger partial charge is 0.0228 e. The van der Waals surface area contributed by atoms with Crippen molar-refractivity contribution in [3.63, 3.8) is 0 Å². The number of hydrogen-bond donors (Lipinski definition) is 1. The van der Waals surface area contributed by atoms with Crippen molar-refractivity contribution in [2.24, 2.45) is 29.6 Å². The zero-order valence-electron chi connectivity index (χ0n) is 11.1. The van der Waals surface area contributed by atoms with Crippen LogP contribution in [-0.4, -0.2) is 37.6 Å². The van der Waals surface area contributed by atoms with E-state index >= 15 is 0 Å². The zero-order valence-corrected chi connectivity index (χ0v) is 11.1. The maximum Gasteiger partial charge on any atom is 0.0228 e. The van der Waals surface area contributed by atoms with E-state index in [0.29, 0.717) is 0 Å². The summed E-state index contributed by atoms with van der Waals surface area (Å²) in [7, 11) is 2.30. The van der Waals surface area contributed by atoms with Crippen LogP contribution in [0.4, 0.5) is 0 Å². The molecule has 0 amide bonds. The van der Waals surface area contributed by atoms with Crippen molar-refractivity contribution in [2.45, 2.75) is 38.1 Å². The minimum Gasteiger partial charge on any atom is -0.311 e. The molecule has 1 N–H and O–H groups in total. The van der Waals surface area contributed by atoms with E-state index < -0.39 is 0 Å². The van der Waals surface area contributed by atoms with Crippen LogP contribution in [0, 0.1) is 29.6 Å². The number of likely N-dealkylation sites (N-methyl/N-ethyl adjacent to an activating group) is 1. The lowest BCUT2D eigenvalue weighted by molar-refractivity contribution is -0.0589. The summed E-state index contributed by atoms with van der Waals surface area (Å²) in [5.41, 5.74) is 0. The van der Waals surface area contributed by atoms with Crippen LogP contribution in [0.25, 0.3) is 0 Å². The van der Waals surface area contributed by atoms with E-state index in [1.807, 2.05) is 0 Å². The number of rotatable bonds is 1. The Balaban J connectivity index is 1.53. The molecule has 1 aliphatic heterocycles. The molecule has 4 saturated carbocycles. The molecule has 1 heterocycles. The van der Waals surface area contributed by atoms with E-state index in [0.717, 1.165) is 35.6 Å². The van der Waals surface area contributed by atoms with Crippen LogP contribution in [0.5, 0.6) is 0 Å². The summed E-state index contributed by atoms with van der Waals surface area (Å²) in [5.74, 6) is 5.42. The Bertz CT molecular complexity index is 273. The third kappa shape index (κ3) is 1.76. The van der Waals surface area contributed by atoms with Gasteiger partial charge in [0.25, 0.3) is 0 Å². The van der Waals surface area contributed by atoms with Gasteiger partial charge in [-0.1, -0.05) is 0 Å². The second kappa shape index (κ2) is 3.96. The molecule has 4 aliphatic carbocycles. The van der Waals surface area contributed by atoms with Crippen LogP contribution in [0.1, 0.15) is 32.1 Å². The first-order valence-electron chi connectivity index (χ1n) is 7.71. The average molecular weight is 234 g/mol. The fourth-order valence-electron chi connectivity index (χ4n) is 5.81. The molecule has 96 valence electrons. The van der Waals surface area contributed by atoms with Crippen molar-refractivity contribution in [3.05, 3.63) is 0 Å². The summed E-state index contributed by atoms with van der Waals surface area (Å²) in [5, 5.41) is 3.84. The van der Waals surface area contributed by atoms with Gasteiger partial charge in [0.2, 0.25) is 0 Å². The second-order valence-corrected chi connectivity index (χ2v) is 7.33. The minimum atomic E-state index is 0.809. The van der Waals surface area contributed by atoms with Crippen molar-refractivity contribution in [2.75, 3.05) is 26.7 Å². The van der Waals surface area contributed by atoms with E-state index in [1.54, 1.807) is 32.1 Å². The second-order valence-electron chi connectivity index (χ2n) is 7.33. The van der Waals surface area contributed by atoms with Crippen molar-refractivity contribution in [3.8, 4) is 0 Å². The molecule has 4 bridgehead atoms. The molecule has 0 aromatic carbocycles. The molecule has 0 radical (unpaired) electrons. The number of nitrogens with one attached hydrogen (secondary N) is 1. The normalized spacial score (nSPS) is 54.2. The van der Waals surface area contributed by atoms with Crippen molar-refractivity contribution in [1.82, 2.24) is 10.2 Å². The molecule has 2 nitrogen and oxygen atoms in total. The molecule has 0 spiro atoms. The van der Waals surface area contributed by atoms with Gasteiger partial charge >= 0.3 is 0 Å². The maximum absolute atomic E-state index is 3.84. The Kier molecular flexibility index (Phi) is 2.52. The van der Waals surface area contributed by atoms with E-state index in [9.17, 15) is 0 Å². The molecule has 2 heteroatoms. The third-order valence-electron chi connectivity index (χ3n) is 6.17. The lowest BCUT2D eigenvalue weighted by Crippen LogP contribution is -2.59. The van der Waals surface area contributed by atoms with Gasteiger partial charge in [0.05, 0.1) is 0 Å². The van der Waals surface area contributed by atoms with Crippen molar-refractivity contribution >= 4 is 0 Å². The van der Waals surface area contributed by atoms with Gasteiger partial charge in [0.15, 0.2) is 0 Å². The van der Waals surface area contributed by atoms with Gasteiger partial charge in [-0.25, -0.2) is 0 Å².